The molecule has 1 aliphatic heterocycles. The first kappa shape index (κ1) is 15.0. The van der Waals surface area contributed by atoms with Crippen molar-refractivity contribution in [2.75, 3.05) is 13.1 Å². The summed E-state index contributed by atoms with van der Waals surface area (Å²) in [5, 5.41) is 2.97. The molecular weight excluding hydrogens is 230 g/mol. The largest absolute Gasteiger partial charge is 0.353 e. The van der Waals surface area contributed by atoms with Gasteiger partial charge in [0, 0.05) is 25.6 Å². The van der Waals surface area contributed by atoms with Crippen LogP contribution >= 0.6 is 0 Å². The quantitative estimate of drug-likeness (QED) is 0.767. The predicted molar refractivity (Wildman–Crippen MR) is 70.8 cm³/mol. The molecule has 2 amide bonds. The SMILES string of the molecule is CCC(=O)NC1CCN(C(=O)[C@@H](N)C(C)C)CC1. The Morgan fingerprint density at radius 3 is 2.33 bits per heavy atom. The van der Waals surface area contributed by atoms with E-state index in [4.69, 9.17) is 5.73 Å². The van der Waals surface area contributed by atoms with Gasteiger partial charge in [0.25, 0.3) is 0 Å². The van der Waals surface area contributed by atoms with Gasteiger partial charge in [-0.15, -0.1) is 0 Å². The molecule has 0 aromatic heterocycles. The second-order valence-electron chi connectivity index (χ2n) is 5.29. The molecule has 0 unspecified atom stereocenters. The molecule has 5 heteroatoms. The fourth-order valence-corrected chi connectivity index (χ4v) is 2.07. The van der Waals surface area contributed by atoms with Gasteiger partial charge in [-0.1, -0.05) is 20.8 Å². The van der Waals surface area contributed by atoms with Crippen LogP contribution in [0.4, 0.5) is 0 Å². The average molecular weight is 255 g/mol. The Bertz CT molecular complexity index is 297. The highest BCUT2D eigenvalue weighted by Crippen LogP contribution is 2.13. The van der Waals surface area contributed by atoms with Gasteiger partial charge in [0.2, 0.25) is 11.8 Å². The summed E-state index contributed by atoms with van der Waals surface area (Å²) in [5.74, 6) is 0.277. The van der Waals surface area contributed by atoms with Crippen molar-refractivity contribution in [3.05, 3.63) is 0 Å². The van der Waals surface area contributed by atoms with Crippen LogP contribution in [-0.4, -0.2) is 41.9 Å². The van der Waals surface area contributed by atoms with Crippen LogP contribution in [0, 0.1) is 5.92 Å². The standard InChI is InChI=1S/C13H25N3O2/c1-4-11(17)15-10-5-7-16(8-6-10)13(18)12(14)9(2)3/h9-10,12H,4-8,14H2,1-3H3,(H,15,17)/t12-/m0/s1. The van der Waals surface area contributed by atoms with E-state index in [2.05, 4.69) is 5.32 Å². The van der Waals surface area contributed by atoms with E-state index in [1.165, 1.54) is 0 Å². The third-order valence-corrected chi connectivity index (χ3v) is 3.50. The lowest BCUT2D eigenvalue weighted by Gasteiger charge is -2.34. The van der Waals surface area contributed by atoms with E-state index in [0.29, 0.717) is 19.5 Å². The van der Waals surface area contributed by atoms with Crippen LogP contribution in [-0.2, 0) is 9.59 Å². The topological polar surface area (TPSA) is 75.4 Å². The van der Waals surface area contributed by atoms with Gasteiger partial charge >= 0.3 is 0 Å². The first-order chi connectivity index (χ1) is 8.45. The van der Waals surface area contributed by atoms with Crippen LogP contribution < -0.4 is 11.1 Å². The van der Waals surface area contributed by atoms with Crippen LogP contribution in [0.15, 0.2) is 0 Å². The number of nitrogens with zero attached hydrogens (tertiary/aromatic N) is 1. The van der Waals surface area contributed by atoms with Crippen molar-refractivity contribution in [1.29, 1.82) is 0 Å². The third kappa shape index (κ3) is 3.98. The average Bonchev–Trinajstić information content (AvgIpc) is 2.37. The molecule has 0 saturated carbocycles. The van der Waals surface area contributed by atoms with Crippen molar-refractivity contribution in [2.45, 2.75) is 52.1 Å². The number of likely N-dealkylation sites (tertiary alicyclic amines) is 1. The van der Waals surface area contributed by atoms with Crippen LogP contribution in [0.1, 0.15) is 40.0 Å². The minimum absolute atomic E-state index is 0.0327. The van der Waals surface area contributed by atoms with Gasteiger partial charge in [-0.05, 0) is 18.8 Å². The number of hydrogen-bond donors (Lipinski definition) is 2. The van der Waals surface area contributed by atoms with Crippen LogP contribution in [0.2, 0.25) is 0 Å². The zero-order valence-electron chi connectivity index (χ0n) is 11.6. The Morgan fingerprint density at radius 2 is 1.89 bits per heavy atom. The van der Waals surface area contributed by atoms with Gasteiger partial charge < -0.3 is 16.0 Å². The maximum atomic E-state index is 12.0. The number of piperidine rings is 1. The Morgan fingerprint density at radius 1 is 1.33 bits per heavy atom. The molecule has 0 aromatic carbocycles. The smallest absolute Gasteiger partial charge is 0.239 e. The molecule has 0 aromatic rings. The molecule has 0 aliphatic carbocycles. The molecular formula is C13H25N3O2. The second-order valence-corrected chi connectivity index (χ2v) is 5.29. The minimum Gasteiger partial charge on any atom is -0.353 e. The fraction of sp³-hybridized carbons (Fsp3) is 0.846. The van der Waals surface area contributed by atoms with Gasteiger partial charge in [0.15, 0.2) is 0 Å². The second kappa shape index (κ2) is 6.73. The lowest BCUT2D eigenvalue weighted by atomic mass is 10.0. The molecule has 104 valence electrons. The van der Waals surface area contributed by atoms with E-state index >= 15 is 0 Å². The summed E-state index contributed by atoms with van der Waals surface area (Å²) in [7, 11) is 0. The minimum atomic E-state index is -0.410. The maximum Gasteiger partial charge on any atom is 0.239 e. The van der Waals surface area contributed by atoms with Gasteiger partial charge in [0.05, 0.1) is 6.04 Å². The molecule has 0 bridgehead atoms. The normalized spacial score (nSPS) is 18.8. The zero-order valence-corrected chi connectivity index (χ0v) is 11.6. The summed E-state index contributed by atoms with van der Waals surface area (Å²) in [6, 6.07) is -0.205. The summed E-state index contributed by atoms with van der Waals surface area (Å²) < 4.78 is 0. The lowest BCUT2D eigenvalue weighted by Crippen LogP contribution is -2.52. The van der Waals surface area contributed by atoms with Gasteiger partial charge in [-0.2, -0.15) is 0 Å². The van der Waals surface area contributed by atoms with Crippen molar-refractivity contribution >= 4 is 11.8 Å². The molecule has 5 nitrogen and oxygen atoms in total. The summed E-state index contributed by atoms with van der Waals surface area (Å²) in [6.45, 7) is 7.13. The molecule has 3 N–H and O–H groups in total. The van der Waals surface area contributed by atoms with Crippen LogP contribution in [0.25, 0.3) is 0 Å². The van der Waals surface area contributed by atoms with Crippen molar-refractivity contribution in [3.63, 3.8) is 0 Å². The van der Waals surface area contributed by atoms with Crippen molar-refractivity contribution in [1.82, 2.24) is 10.2 Å². The van der Waals surface area contributed by atoms with E-state index in [1.807, 2.05) is 25.7 Å². The zero-order chi connectivity index (χ0) is 13.7. The number of nitrogens with two attached hydrogens (primary N) is 1. The van der Waals surface area contributed by atoms with Crippen molar-refractivity contribution in [3.8, 4) is 0 Å². The molecule has 0 spiro atoms. The van der Waals surface area contributed by atoms with Crippen LogP contribution in [0.3, 0.4) is 0 Å². The lowest BCUT2D eigenvalue weighted by molar-refractivity contribution is -0.134. The van der Waals surface area contributed by atoms with E-state index < -0.39 is 6.04 Å². The molecule has 1 rings (SSSR count). The van der Waals surface area contributed by atoms with Crippen molar-refractivity contribution < 1.29 is 9.59 Å². The summed E-state index contributed by atoms with van der Waals surface area (Å²) in [5.41, 5.74) is 5.87. The number of carbonyl (C=O) groups excluding carboxylic acids is 2. The van der Waals surface area contributed by atoms with Gasteiger partial charge in [-0.3, -0.25) is 9.59 Å². The Hall–Kier alpha value is -1.10. The van der Waals surface area contributed by atoms with Gasteiger partial charge in [-0.25, -0.2) is 0 Å². The first-order valence-electron chi connectivity index (χ1n) is 6.79. The molecule has 1 atom stereocenters. The van der Waals surface area contributed by atoms with E-state index in [0.717, 1.165) is 12.8 Å². The third-order valence-electron chi connectivity index (χ3n) is 3.50. The summed E-state index contributed by atoms with van der Waals surface area (Å²) >= 11 is 0. The van der Waals surface area contributed by atoms with E-state index in [9.17, 15) is 9.59 Å². The molecule has 18 heavy (non-hydrogen) atoms. The molecule has 1 heterocycles. The number of nitrogens with one attached hydrogen (secondary N) is 1. The summed E-state index contributed by atoms with van der Waals surface area (Å²) in [6.07, 6.45) is 2.15. The Labute approximate surface area is 109 Å². The van der Waals surface area contributed by atoms with E-state index in [-0.39, 0.29) is 23.8 Å². The fourth-order valence-electron chi connectivity index (χ4n) is 2.07. The highest BCUT2D eigenvalue weighted by molar-refractivity contribution is 5.82. The number of carbonyl (C=O) groups is 2. The highest BCUT2D eigenvalue weighted by atomic mass is 16.2. The number of rotatable bonds is 4. The summed E-state index contributed by atoms with van der Waals surface area (Å²) in [4.78, 5) is 25.1. The molecule has 1 saturated heterocycles. The monoisotopic (exact) mass is 255 g/mol. The first-order valence-corrected chi connectivity index (χ1v) is 6.79. The number of hydrogen-bond acceptors (Lipinski definition) is 3. The molecule has 1 aliphatic rings. The number of amides is 2. The predicted octanol–water partition coefficient (Wildman–Crippen LogP) is 0.487. The van der Waals surface area contributed by atoms with Crippen LogP contribution in [0.5, 0.6) is 0 Å². The Kier molecular flexibility index (Phi) is 5.59. The molecule has 1 fully saturated rings. The maximum absolute atomic E-state index is 12.0. The Balaban J connectivity index is 2.39. The van der Waals surface area contributed by atoms with E-state index in [1.54, 1.807) is 0 Å². The highest BCUT2D eigenvalue weighted by Gasteiger charge is 2.27. The van der Waals surface area contributed by atoms with Gasteiger partial charge in [0.1, 0.15) is 0 Å². The van der Waals surface area contributed by atoms with Crippen molar-refractivity contribution in [2.24, 2.45) is 11.7 Å². The molecule has 0 radical (unpaired) electrons.